The van der Waals surface area contributed by atoms with E-state index in [1.165, 1.54) is 6.33 Å². The van der Waals surface area contributed by atoms with Crippen LogP contribution in [-0.4, -0.2) is 21.9 Å². The molecule has 0 saturated heterocycles. The van der Waals surface area contributed by atoms with E-state index in [9.17, 15) is 4.79 Å². The van der Waals surface area contributed by atoms with E-state index in [2.05, 4.69) is 15.3 Å². The van der Waals surface area contributed by atoms with Gasteiger partial charge in [0.25, 0.3) is 0 Å². The van der Waals surface area contributed by atoms with Gasteiger partial charge in [-0.1, -0.05) is 25.4 Å². The first-order valence-corrected chi connectivity index (χ1v) is 4.92. The molecule has 0 fully saturated rings. The number of rotatable bonds is 4. The largest absolute Gasteiger partial charge is 0.368 e. The van der Waals surface area contributed by atoms with Crippen molar-refractivity contribution in [2.75, 3.05) is 5.32 Å². The predicted octanol–water partition coefficient (Wildman–Crippen LogP) is 1.05. The molecule has 0 spiro atoms. The third kappa shape index (κ3) is 3.36. The summed E-state index contributed by atoms with van der Waals surface area (Å²) in [5.41, 5.74) is 5.25. The van der Waals surface area contributed by atoms with E-state index >= 15 is 0 Å². The van der Waals surface area contributed by atoms with Crippen LogP contribution in [0.5, 0.6) is 0 Å². The standard InChI is InChI=1S/C9H13ClN4O/c1-5(2)8(9(11)15)14-7-3-6(10)12-4-13-7/h3-5,8H,1-2H3,(H2,11,15)(H,12,13,14). The van der Waals surface area contributed by atoms with Crippen LogP contribution in [0.3, 0.4) is 0 Å². The number of nitrogens with zero attached hydrogens (tertiary/aromatic N) is 2. The Morgan fingerprint density at radius 2 is 2.20 bits per heavy atom. The van der Waals surface area contributed by atoms with Gasteiger partial charge in [-0.05, 0) is 5.92 Å². The Balaban J connectivity index is 2.79. The van der Waals surface area contributed by atoms with Crippen LogP contribution < -0.4 is 11.1 Å². The number of primary amides is 1. The number of anilines is 1. The quantitative estimate of drug-likeness (QED) is 0.755. The Kier molecular flexibility index (Phi) is 3.85. The molecule has 0 aromatic carbocycles. The van der Waals surface area contributed by atoms with E-state index in [0.717, 1.165) is 0 Å². The lowest BCUT2D eigenvalue weighted by Crippen LogP contribution is -2.39. The monoisotopic (exact) mass is 228 g/mol. The summed E-state index contributed by atoms with van der Waals surface area (Å²) in [6, 6.07) is 1.08. The predicted molar refractivity (Wildman–Crippen MR) is 58.5 cm³/mol. The van der Waals surface area contributed by atoms with Gasteiger partial charge in [0.15, 0.2) is 0 Å². The van der Waals surface area contributed by atoms with E-state index in [1.54, 1.807) is 6.07 Å². The second-order valence-electron chi connectivity index (χ2n) is 3.49. The van der Waals surface area contributed by atoms with Crippen molar-refractivity contribution in [2.24, 2.45) is 11.7 Å². The highest BCUT2D eigenvalue weighted by atomic mass is 35.5. The number of hydrogen-bond acceptors (Lipinski definition) is 4. The van der Waals surface area contributed by atoms with Crippen molar-refractivity contribution < 1.29 is 4.79 Å². The van der Waals surface area contributed by atoms with Crippen LogP contribution in [0.15, 0.2) is 12.4 Å². The molecule has 5 nitrogen and oxygen atoms in total. The summed E-state index contributed by atoms with van der Waals surface area (Å²) in [6.07, 6.45) is 1.32. The molecule has 0 saturated carbocycles. The fourth-order valence-corrected chi connectivity index (χ4v) is 1.29. The van der Waals surface area contributed by atoms with Gasteiger partial charge in [-0.2, -0.15) is 0 Å². The number of halogens is 1. The molecule has 1 atom stereocenters. The maximum absolute atomic E-state index is 11.1. The molecule has 0 aliphatic rings. The highest BCUT2D eigenvalue weighted by Crippen LogP contribution is 2.12. The minimum absolute atomic E-state index is 0.0799. The molecule has 1 aromatic rings. The SMILES string of the molecule is CC(C)C(Nc1cc(Cl)ncn1)C(N)=O. The number of aromatic nitrogens is 2. The second-order valence-corrected chi connectivity index (χ2v) is 3.88. The first kappa shape index (κ1) is 11.7. The smallest absolute Gasteiger partial charge is 0.240 e. The average Bonchev–Trinajstić information content (AvgIpc) is 2.13. The van der Waals surface area contributed by atoms with Gasteiger partial charge in [0.05, 0.1) is 0 Å². The fourth-order valence-electron chi connectivity index (χ4n) is 1.14. The molecular weight excluding hydrogens is 216 g/mol. The van der Waals surface area contributed by atoms with Gasteiger partial charge in [0, 0.05) is 6.07 Å². The third-order valence-corrected chi connectivity index (χ3v) is 2.12. The summed E-state index contributed by atoms with van der Waals surface area (Å²) < 4.78 is 0. The highest BCUT2D eigenvalue weighted by molar-refractivity contribution is 6.29. The number of amides is 1. The summed E-state index contributed by atoms with van der Waals surface area (Å²) in [6.45, 7) is 3.79. The van der Waals surface area contributed by atoms with Gasteiger partial charge in [0.2, 0.25) is 5.91 Å². The van der Waals surface area contributed by atoms with Crippen molar-refractivity contribution in [1.29, 1.82) is 0 Å². The Morgan fingerprint density at radius 1 is 1.53 bits per heavy atom. The number of carbonyl (C=O) groups excluding carboxylic acids is 1. The van der Waals surface area contributed by atoms with E-state index in [4.69, 9.17) is 17.3 Å². The molecule has 0 radical (unpaired) electrons. The number of hydrogen-bond donors (Lipinski definition) is 2. The number of nitrogens with one attached hydrogen (secondary N) is 1. The molecule has 1 unspecified atom stereocenters. The maximum Gasteiger partial charge on any atom is 0.240 e. The molecule has 1 aromatic heterocycles. The maximum atomic E-state index is 11.1. The summed E-state index contributed by atoms with van der Waals surface area (Å²) in [4.78, 5) is 18.8. The molecule has 0 aliphatic carbocycles. The van der Waals surface area contributed by atoms with Crippen molar-refractivity contribution in [3.05, 3.63) is 17.5 Å². The number of carbonyl (C=O) groups is 1. The van der Waals surface area contributed by atoms with Crippen LogP contribution in [0.2, 0.25) is 5.15 Å². The molecular formula is C9H13ClN4O. The van der Waals surface area contributed by atoms with Crippen molar-refractivity contribution in [2.45, 2.75) is 19.9 Å². The number of nitrogens with two attached hydrogens (primary N) is 1. The first-order valence-electron chi connectivity index (χ1n) is 4.54. The molecule has 0 aliphatic heterocycles. The molecule has 0 bridgehead atoms. The van der Waals surface area contributed by atoms with Gasteiger partial charge < -0.3 is 11.1 Å². The van der Waals surface area contributed by atoms with Gasteiger partial charge in [-0.25, -0.2) is 9.97 Å². The molecule has 1 rings (SSSR count). The Labute approximate surface area is 93.0 Å². The molecule has 15 heavy (non-hydrogen) atoms. The van der Waals surface area contributed by atoms with Crippen LogP contribution >= 0.6 is 11.6 Å². The van der Waals surface area contributed by atoms with E-state index < -0.39 is 11.9 Å². The lowest BCUT2D eigenvalue weighted by Gasteiger charge is -2.19. The van der Waals surface area contributed by atoms with Gasteiger partial charge in [0.1, 0.15) is 23.3 Å². The fraction of sp³-hybridized carbons (Fsp3) is 0.444. The zero-order chi connectivity index (χ0) is 11.4. The molecule has 82 valence electrons. The normalized spacial score (nSPS) is 12.5. The van der Waals surface area contributed by atoms with Gasteiger partial charge in [-0.15, -0.1) is 0 Å². The minimum Gasteiger partial charge on any atom is -0.368 e. The Bertz CT molecular complexity index is 356. The van der Waals surface area contributed by atoms with Crippen LogP contribution in [0.25, 0.3) is 0 Å². The van der Waals surface area contributed by atoms with E-state index in [-0.39, 0.29) is 5.92 Å². The van der Waals surface area contributed by atoms with Crippen LogP contribution in [0.1, 0.15) is 13.8 Å². The van der Waals surface area contributed by atoms with Crippen molar-refractivity contribution >= 4 is 23.3 Å². The molecule has 1 heterocycles. The van der Waals surface area contributed by atoms with Gasteiger partial charge in [-0.3, -0.25) is 4.79 Å². The topological polar surface area (TPSA) is 80.9 Å². The summed E-state index contributed by atoms with van der Waals surface area (Å²) in [7, 11) is 0. The highest BCUT2D eigenvalue weighted by Gasteiger charge is 2.19. The third-order valence-electron chi connectivity index (χ3n) is 1.91. The minimum atomic E-state index is -0.462. The summed E-state index contributed by atoms with van der Waals surface area (Å²) in [5.74, 6) is 0.156. The van der Waals surface area contributed by atoms with E-state index in [0.29, 0.717) is 11.0 Å². The van der Waals surface area contributed by atoms with Crippen molar-refractivity contribution in [3.63, 3.8) is 0 Å². The van der Waals surface area contributed by atoms with Crippen LogP contribution in [0.4, 0.5) is 5.82 Å². The van der Waals surface area contributed by atoms with Gasteiger partial charge >= 0.3 is 0 Å². The zero-order valence-corrected chi connectivity index (χ0v) is 9.32. The summed E-state index contributed by atoms with van der Waals surface area (Å²) >= 11 is 5.68. The Morgan fingerprint density at radius 3 is 2.67 bits per heavy atom. The molecule has 6 heteroatoms. The van der Waals surface area contributed by atoms with E-state index in [1.807, 2.05) is 13.8 Å². The average molecular weight is 229 g/mol. The molecule has 1 amide bonds. The Hall–Kier alpha value is -1.36. The zero-order valence-electron chi connectivity index (χ0n) is 8.57. The lowest BCUT2D eigenvalue weighted by molar-refractivity contribution is -0.119. The van der Waals surface area contributed by atoms with Crippen molar-refractivity contribution in [3.8, 4) is 0 Å². The van der Waals surface area contributed by atoms with Crippen LogP contribution in [-0.2, 0) is 4.79 Å². The first-order chi connectivity index (χ1) is 7.00. The molecule has 3 N–H and O–H groups in total. The van der Waals surface area contributed by atoms with Crippen LogP contribution in [0, 0.1) is 5.92 Å². The lowest BCUT2D eigenvalue weighted by atomic mass is 10.0. The summed E-state index contributed by atoms with van der Waals surface area (Å²) in [5, 5.41) is 3.23. The van der Waals surface area contributed by atoms with Crippen molar-refractivity contribution in [1.82, 2.24) is 9.97 Å². The second kappa shape index (κ2) is 4.93.